The number of fused-ring (bicyclic) bond motifs is 1. The molecule has 1 N–H and O–H groups in total. The highest BCUT2D eigenvalue weighted by molar-refractivity contribution is 5.16. The molecule has 3 atom stereocenters. The first-order chi connectivity index (χ1) is 7.81. The van der Waals surface area contributed by atoms with Gasteiger partial charge in [0, 0.05) is 0 Å². The van der Waals surface area contributed by atoms with E-state index in [1.165, 1.54) is 12.0 Å². The molecule has 0 bridgehead atoms. The highest BCUT2D eigenvalue weighted by atomic mass is 16.6. The molecule has 0 radical (unpaired) electrons. The lowest BCUT2D eigenvalue weighted by atomic mass is 9.94. The van der Waals surface area contributed by atoms with E-state index in [0.29, 0.717) is 6.10 Å². The van der Waals surface area contributed by atoms with Gasteiger partial charge in [-0.2, -0.15) is 0 Å². The first-order valence-corrected chi connectivity index (χ1v) is 6.21. The normalized spacial score (nSPS) is 33.4. The van der Waals surface area contributed by atoms with Crippen molar-refractivity contribution in [3.05, 3.63) is 35.9 Å². The van der Waals surface area contributed by atoms with Crippen molar-refractivity contribution < 1.29 is 9.84 Å². The zero-order valence-electron chi connectivity index (χ0n) is 9.43. The average Bonchev–Trinajstić information content (AvgIpc) is 2.90. The Bertz CT molecular complexity index is 362. The largest absolute Gasteiger partial charge is 0.390 e. The molecule has 3 rings (SSSR count). The van der Waals surface area contributed by atoms with E-state index < -0.39 is 0 Å². The van der Waals surface area contributed by atoms with Crippen molar-refractivity contribution >= 4 is 0 Å². The second-order valence-corrected chi connectivity index (χ2v) is 4.99. The van der Waals surface area contributed by atoms with Crippen molar-refractivity contribution in [3.8, 4) is 0 Å². The molecule has 1 aromatic carbocycles. The molecule has 1 aliphatic carbocycles. The summed E-state index contributed by atoms with van der Waals surface area (Å²) in [4.78, 5) is 0. The van der Waals surface area contributed by atoms with Crippen LogP contribution in [0, 0.1) is 0 Å². The molecule has 1 aliphatic heterocycles. The number of hydrogen-bond acceptors (Lipinski definition) is 2. The molecule has 0 unspecified atom stereocenters. The number of aliphatic hydroxyl groups is 1. The topological polar surface area (TPSA) is 32.8 Å². The smallest absolute Gasteiger partial charge is 0.120 e. The van der Waals surface area contributed by atoms with Crippen molar-refractivity contribution in [2.75, 3.05) is 0 Å². The van der Waals surface area contributed by atoms with E-state index in [0.717, 1.165) is 25.7 Å². The van der Waals surface area contributed by atoms with Crippen molar-refractivity contribution in [1.82, 2.24) is 0 Å². The van der Waals surface area contributed by atoms with Crippen LogP contribution in [0.25, 0.3) is 0 Å². The summed E-state index contributed by atoms with van der Waals surface area (Å²) in [5.41, 5.74) is 1.16. The van der Waals surface area contributed by atoms with Crippen LogP contribution < -0.4 is 0 Å². The van der Waals surface area contributed by atoms with Gasteiger partial charge in [-0.15, -0.1) is 0 Å². The monoisotopic (exact) mass is 218 g/mol. The highest BCUT2D eigenvalue weighted by Crippen LogP contribution is 2.52. The first-order valence-electron chi connectivity index (χ1n) is 6.21. The van der Waals surface area contributed by atoms with E-state index in [1.54, 1.807) is 0 Å². The van der Waals surface area contributed by atoms with E-state index in [-0.39, 0.29) is 11.7 Å². The third kappa shape index (κ3) is 1.66. The van der Waals surface area contributed by atoms with Gasteiger partial charge in [0.2, 0.25) is 0 Å². The van der Waals surface area contributed by atoms with Gasteiger partial charge in [0.1, 0.15) is 5.60 Å². The molecule has 86 valence electrons. The van der Waals surface area contributed by atoms with Gasteiger partial charge in [-0.3, -0.25) is 0 Å². The third-order valence-corrected chi connectivity index (χ3v) is 4.00. The van der Waals surface area contributed by atoms with Crippen LogP contribution in [0.3, 0.4) is 0 Å². The Balaban J connectivity index is 1.56. The third-order valence-electron chi connectivity index (χ3n) is 4.00. The van der Waals surface area contributed by atoms with Gasteiger partial charge in [0.05, 0.1) is 12.2 Å². The molecule has 1 saturated carbocycles. The number of epoxide rings is 1. The molecule has 2 aliphatic rings. The molecule has 2 nitrogen and oxygen atoms in total. The van der Waals surface area contributed by atoms with Gasteiger partial charge in [-0.05, 0) is 37.7 Å². The molecule has 0 aromatic heterocycles. The van der Waals surface area contributed by atoms with Gasteiger partial charge in [0.15, 0.2) is 0 Å². The summed E-state index contributed by atoms with van der Waals surface area (Å²) >= 11 is 0. The Labute approximate surface area is 96.2 Å². The van der Waals surface area contributed by atoms with Gasteiger partial charge in [-0.1, -0.05) is 30.3 Å². The average molecular weight is 218 g/mol. The van der Waals surface area contributed by atoms with E-state index in [2.05, 4.69) is 12.1 Å². The predicted molar refractivity (Wildman–Crippen MR) is 62.2 cm³/mol. The van der Waals surface area contributed by atoms with Gasteiger partial charge < -0.3 is 9.84 Å². The van der Waals surface area contributed by atoms with Crippen LogP contribution in [-0.2, 0) is 11.2 Å². The number of hydrogen-bond donors (Lipinski definition) is 1. The second-order valence-electron chi connectivity index (χ2n) is 4.99. The van der Waals surface area contributed by atoms with Crippen molar-refractivity contribution in [2.24, 2.45) is 0 Å². The molecule has 1 saturated heterocycles. The fourth-order valence-electron chi connectivity index (χ4n) is 2.97. The molecule has 1 aromatic rings. The van der Waals surface area contributed by atoms with E-state index in [9.17, 15) is 5.11 Å². The standard InChI is InChI=1S/C14H18O2/c15-12(14-10-4-7-13(14)16-14)9-8-11-5-2-1-3-6-11/h1-3,5-6,12-13,15H,4,7-10H2/t12-,13-,14-/m0/s1. The number of benzene rings is 1. The Morgan fingerprint density at radius 3 is 2.81 bits per heavy atom. The minimum atomic E-state index is -0.278. The summed E-state index contributed by atoms with van der Waals surface area (Å²) in [7, 11) is 0. The minimum absolute atomic E-state index is 0.144. The molecular formula is C14H18O2. The summed E-state index contributed by atoms with van der Waals surface area (Å²) in [5.74, 6) is 0. The maximum Gasteiger partial charge on any atom is 0.120 e. The molecule has 0 amide bonds. The fourth-order valence-corrected chi connectivity index (χ4v) is 2.97. The van der Waals surface area contributed by atoms with Gasteiger partial charge in [0.25, 0.3) is 0 Å². The van der Waals surface area contributed by atoms with E-state index >= 15 is 0 Å². The molecule has 1 heterocycles. The quantitative estimate of drug-likeness (QED) is 0.787. The molecule has 2 heteroatoms. The first kappa shape index (κ1) is 10.3. The minimum Gasteiger partial charge on any atom is -0.390 e. The lowest BCUT2D eigenvalue weighted by Crippen LogP contribution is -2.29. The Morgan fingerprint density at radius 1 is 1.38 bits per heavy atom. The molecule has 16 heavy (non-hydrogen) atoms. The van der Waals surface area contributed by atoms with Crippen LogP contribution in [0.4, 0.5) is 0 Å². The lowest BCUT2D eigenvalue weighted by Gasteiger charge is -2.16. The van der Waals surface area contributed by atoms with Crippen LogP contribution in [0.1, 0.15) is 31.2 Å². The van der Waals surface area contributed by atoms with Crippen LogP contribution in [-0.4, -0.2) is 22.9 Å². The maximum atomic E-state index is 10.2. The van der Waals surface area contributed by atoms with E-state index in [1.807, 2.05) is 18.2 Å². The summed E-state index contributed by atoms with van der Waals surface area (Å²) in [6.07, 6.45) is 5.25. The second kappa shape index (κ2) is 3.86. The van der Waals surface area contributed by atoms with Crippen LogP contribution in [0.15, 0.2) is 30.3 Å². The molecule has 0 spiro atoms. The Kier molecular flexibility index (Phi) is 2.49. The van der Waals surface area contributed by atoms with Crippen LogP contribution >= 0.6 is 0 Å². The molecular weight excluding hydrogens is 200 g/mol. The Morgan fingerprint density at radius 2 is 2.19 bits per heavy atom. The number of aryl methyl sites for hydroxylation is 1. The number of aliphatic hydroxyl groups excluding tert-OH is 1. The maximum absolute atomic E-state index is 10.2. The van der Waals surface area contributed by atoms with Gasteiger partial charge >= 0.3 is 0 Å². The van der Waals surface area contributed by atoms with Crippen LogP contribution in [0.2, 0.25) is 0 Å². The lowest BCUT2D eigenvalue weighted by molar-refractivity contribution is 0.0615. The van der Waals surface area contributed by atoms with Crippen molar-refractivity contribution in [3.63, 3.8) is 0 Å². The van der Waals surface area contributed by atoms with Crippen molar-refractivity contribution in [1.29, 1.82) is 0 Å². The zero-order valence-corrected chi connectivity index (χ0v) is 9.43. The number of ether oxygens (including phenoxy) is 1. The Hall–Kier alpha value is -0.860. The summed E-state index contributed by atoms with van der Waals surface area (Å²) in [6.45, 7) is 0. The summed E-state index contributed by atoms with van der Waals surface area (Å²) < 4.78 is 5.64. The molecule has 2 fully saturated rings. The van der Waals surface area contributed by atoms with Crippen molar-refractivity contribution in [2.45, 2.75) is 49.9 Å². The number of rotatable bonds is 4. The summed E-state index contributed by atoms with van der Waals surface area (Å²) in [5, 5.41) is 10.2. The van der Waals surface area contributed by atoms with Crippen LogP contribution in [0.5, 0.6) is 0 Å². The SMILES string of the molecule is O[C@@H](CCc1ccccc1)[C@@]12CCC[C@@H]1O2. The van der Waals surface area contributed by atoms with Gasteiger partial charge in [-0.25, -0.2) is 0 Å². The zero-order chi connectivity index (χ0) is 11.0. The fraction of sp³-hybridized carbons (Fsp3) is 0.571. The van der Waals surface area contributed by atoms with E-state index in [4.69, 9.17) is 4.74 Å². The predicted octanol–water partition coefficient (Wildman–Crippen LogP) is 2.30. The summed E-state index contributed by atoms with van der Waals surface area (Å²) in [6, 6.07) is 10.3. The highest BCUT2D eigenvalue weighted by Gasteiger charge is 2.63.